The van der Waals surface area contributed by atoms with Crippen LogP contribution in [-0.2, 0) is 9.59 Å². The predicted molar refractivity (Wildman–Crippen MR) is 97.8 cm³/mol. The van der Waals surface area contributed by atoms with E-state index < -0.39 is 16.7 Å². The van der Waals surface area contributed by atoms with Gasteiger partial charge >= 0.3 is 11.8 Å². The third kappa shape index (κ3) is 3.75. The van der Waals surface area contributed by atoms with E-state index in [1.54, 1.807) is 13.0 Å². The molecule has 132 valence electrons. The van der Waals surface area contributed by atoms with Crippen LogP contribution in [0.25, 0.3) is 10.2 Å². The molecule has 1 aromatic heterocycles. The Morgan fingerprint density at radius 1 is 1.15 bits per heavy atom. The van der Waals surface area contributed by atoms with Crippen LogP contribution >= 0.6 is 11.3 Å². The molecule has 9 nitrogen and oxygen atoms in total. The van der Waals surface area contributed by atoms with Crippen molar-refractivity contribution < 1.29 is 14.5 Å². The van der Waals surface area contributed by atoms with Gasteiger partial charge in [0.15, 0.2) is 0 Å². The number of hydrazine groups is 1. The van der Waals surface area contributed by atoms with E-state index in [-0.39, 0.29) is 11.4 Å². The van der Waals surface area contributed by atoms with E-state index >= 15 is 0 Å². The number of thiazole rings is 1. The Morgan fingerprint density at radius 2 is 1.92 bits per heavy atom. The highest BCUT2D eigenvalue weighted by molar-refractivity contribution is 7.22. The Morgan fingerprint density at radius 3 is 2.65 bits per heavy atom. The number of hydrogen-bond donors (Lipinski definition) is 3. The third-order valence-corrected chi connectivity index (χ3v) is 4.33. The Bertz CT molecular complexity index is 984. The summed E-state index contributed by atoms with van der Waals surface area (Å²) in [6.07, 6.45) is 0. The number of hydrogen-bond acceptors (Lipinski definition) is 7. The van der Waals surface area contributed by atoms with Gasteiger partial charge in [0.25, 0.3) is 5.69 Å². The van der Waals surface area contributed by atoms with E-state index in [1.807, 2.05) is 24.3 Å². The number of aromatic nitrogens is 1. The van der Waals surface area contributed by atoms with Gasteiger partial charge < -0.3 is 5.32 Å². The molecule has 3 N–H and O–H groups in total. The number of nitro benzene ring substituents is 1. The van der Waals surface area contributed by atoms with Crippen LogP contribution in [0.5, 0.6) is 0 Å². The van der Waals surface area contributed by atoms with Gasteiger partial charge in [-0.2, -0.15) is 0 Å². The van der Waals surface area contributed by atoms with Crippen molar-refractivity contribution in [1.82, 2.24) is 10.4 Å². The second-order valence-electron chi connectivity index (χ2n) is 5.30. The van der Waals surface area contributed by atoms with Gasteiger partial charge in [0.05, 0.1) is 15.1 Å². The van der Waals surface area contributed by atoms with Crippen molar-refractivity contribution in [2.75, 3.05) is 10.7 Å². The van der Waals surface area contributed by atoms with Crippen LogP contribution < -0.4 is 16.2 Å². The number of aryl methyl sites for hydroxylation is 1. The van der Waals surface area contributed by atoms with Crippen LogP contribution in [0.4, 0.5) is 16.5 Å². The van der Waals surface area contributed by atoms with Gasteiger partial charge in [-0.15, -0.1) is 0 Å². The van der Waals surface area contributed by atoms with Crippen LogP contribution in [0.2, 0.25) is 0 Å². The summed E-state index contributed by atoms with van der Waals surface area (Å²) in [5.41, 5.74) is 5.86. The van der Waals surface area contributed by atoms with Crippen molar-refractivity contribution in [2.45, 2.75) is 6.92 Å². The van der Waals surface area contributed by atoms with Gasteiger partial charge in [-0.05, 0) is 30.7 Å². The fourth-order valence-electron chi connectivity index (χ4n) is 2.17. The molecule has 0 saturated heterocycles. The number of rotatable bonds is 4. The van der Waals surface area contributed by atoms with Gasteiger partial charge in [-0.3, -0.25) is 30.6 Å². The molecule has 0 atom stereocenters. The highest BCUT2D eigenvalue weighted by atomic mass is 32.1. The largest absolute Gasteiger partial charge is 0.328 e. The number of amides is 2. The first-order valence-electron chi connectivity index (χ1n) is 7.42. The minimum atomic E-state index is -1.04. The molecule has 0 fully saturated rings. The van der Waals surface area contributed by atoms with Crippen LogP contribution in [0.15, 0.2) is 42.5 Å². The number of benzene rings is 2. The van der Waals surface area contributed by atoms with Gasteiger partial charge in [0.1, 0.15) is 5.69 Å². The van der Waals surface area contributed by atoms with Gasteiger partial charge in [0, 0.05) is 6.07 Å². The first kappa shape index (κ1) is 17.3. The maximum absolute atomic E-state index is 12.0. The maximum Gasteiger partial charge on any atom is 0.328 e. The van der Waals surface area contributed by atoms with Crippen molar-refractivity contribution in [2.24, 2.45) is 0 Å². The summed E-state index contributed by atoms with van der Waals surface area (Å²) in [4.78, 5) is 38.5. The number of nitro groups is 1. The van der Waals surface area contributed by atoms with E-state index in [0.717, 1.165) is 10.2 Å². The van der Waals surface area contributed by atoms with E-state index in [0.29, 0.717) is 10.7 Å². The summed E-state index contributed by atoms with van der Waals surface area (Å²) in [5, 5.41) is 13.7. The minimum absolute atomic E-state index is 0.0549. The number of carbonyl (C=O) groups excluding carboxylic acids is 2. The first-order valence-corrected chi connectivity index (χ1v) is 8.23. The van der Waals surface area contributed by atoms with Crippen LogP contribution in [-0.4, -0.2) is 21.7 Å². The molecule has 0 unspecified atom stereocenters. The highest BCUT2D eigenvalue weighted by Gasteiger charge is 2.20. The molecule has 3 rings (SSSR count). The van der Waals surface area contributed by atoms with Crippen LogP contribution in [0.1, 0.15) is 5.56 Å². The number of fused-ring (bicyclic) bond motifs is 1. The Hall–Kier alpha value is -3.53. The van der Waals surface area contributed by atoms with Crippen molar-refractivity contribution in [3.63, 3.8) is 0 Å². The SMILES string of the molecule is Cc1ccc(NC(=O)C(=O)NNc2nc3ccccc3s2)c([N+](=O)[O-])c1. The zero-order valence-electron chi connectivity index (χ0n) is 13.5. The van der Waals surface area contributed by atoms with Crippen molar-refractivity contribution in [3.8, 4) is 0 Å². The van der Waals surface area contributed by atoms with Crippen LogP contribution in [0, 0.1) is 17.0 Å². The molecule has 2 amide bonds. The molecule has 0 aliphatic heterocycles. The minimum Gasteiger partial charge on any atom is -0.312 e. The van der Waals surface area contributed by atoms with Crippen molar-refractivity contribution in [1.29, 1.82) is 0 Å². The zero-order chi connectivity index (χ0) is 18.7. The zero-order valence-corrected chi connectivity index (χ0v) is 14.3. The summed E-state index contributed by atoms with van der Waals surface area (Å²) in [6, 6.07) is 11.7. The van der Waals surface area contributed by atoms with E-state index in [2.05, 4.69) is 21.2 Å². The fraction of sp³-hybridized carbons (Fsp3) is 0.0625. The number of para-hydroxylation sites is 1. The lowest BCUT2D eigenvalue weighted by atomic mass is 10.2. The Balaban J connectivity index is 1.65. The molecular formula is C16H13N5O4S. The van der Waals surface area contributed by atoms with Crippen molar-refractivity contribution >= 4 is 49.9 Å². The average Bonchev–Trinajstić information content (AvgIpc) is 3.03. The monoisotopic (exact) mass is 371 g/mol. The topological polar surface area (TPSA) is 126 Å². The lowest BCUT2D eigenvalue weighted by Gasteiger charge is -2.07. The number of nitrogens with one attached hydrogen (secondary N) is 3. The van der Waals surface area contributed by atoms with Crippen molar-refractivity contribution in [3.05, 3.63) is 58.1 Å². The summed E-state index contributed by atoms with van der Waals surface area (Å²) in [6.45, 7) is 1.69. The molecular weight excluding hydrogens is 358 g/mol. The number of carbonyl (C=O) groups is 2. The molecule has 0 saturated carbocycles. The van der Waals surface area contributed by atoms with Gasteiger partial charge in [-0.25, -0.2) is 4.98 Å². The van der Waals surface area contributed by atoms with E-state index in [9.17, 15) is 19.7 Å². The quantitative estimate of drug-likeness (QED) is 0.368. The summed E-state index contributed by atoms with van der Waals surface area (Å²) in [7, 11) is 0. The maximum atomic E-state index is 12.0. The van der Waals surface area contributed by atoms with E-state index in [4.69, 9.17) is 0 Å². The molecule has 0 aliphatic rings. The molecule has 3 aromatic rings. The molecule has 10 heteroatoms. The summed E-state index contributed by atoms with van der Waals surface area (Å²) >= 11 is 1.30. The molecule has 0 bridgehead atoms. The van der Waals surface area contributed by atoms with Gasteiger partial charge in [-0.1, -0.05) is 29.5 Å². The third-order valence-electron chi connectivity index (χ3n) is 3.38. The second-order valence-corrected chi connectivity index (χ2v) is 6.33. The molecule has 26 heavy (non-hydrogen) atoms. The highest BCUT2D eigenvalue weighted by Crippen LogP contribution is 2.26. The fourth-order valence-corrected chi connectivity index (χ4v) is 2.99. The Labute approximate surface area is 151 Å². The number of nitrogens with zero attached hydrogens (tertiary/aromatic N) is 2. The van der Waals surface area contributed by atoms with Crippen LogP contribution in [0.3, 0.4) is 0 Å². The molecule has 0 aliphatic carbocycles. The lowest BCUT2D eigenvalue weighted by Crippen LogP contribution is -2.38. The predicted octanol–water partition coefficient (Wildman–Crippen LogP) is 2.59. The summed E-state index contributed by atoms with van der Waals surface area (Å²) in [5.74, 6) is -2.04. The standard InChI is InChI=1S/C16H13N5O4S/c1-9-6-7-10(12(8-9)21(24)25)17-14(22)15(23)19-20-16-18-11-4-2-3-5-13(11)26-16/h2-8H,1H3,(H,17,22)(H,18,20)(H,19,23). The first-order chi connectivity index (χ1) is 12.4. The van der Waals surface area contributed by atoms with Gasteiger partial charge in [0.2, 0.25) is 5.13 Å². The average molecular weight is 371 g/mol. The summed E-state index contributed by atoms with van der Waals surface area (Å²) < 4.78 is 0.920. The molecule has 2 aromatic carbocycles. The smallest absolute Gasteiger partial charge is 0.312 e. The lowest BCUT2D eigenvalue weighted by molar-refractivity contribution is -0.384. The Kier molecular flexibility index (Phi) is 4.76. The molecule has 0 spiro atoms. The molecule has 0 radical (unpaired) electrons. The normalized spacial score (nSPS) is 10.3. The van der Waals surface area contributed by atoms with E-state index in [1.165, 1.54) is 23.5 Å². The second kappa shape index (κ2) is 7.15. The number of anilines is 2. The molecule has 1 heterocycles.